The number of Topliss-reactive ketones (excluding diaryl/α,β-unsaturated/α-hetero) is 1. The van der Waals surface area contributed by atoms with Gasteiger partial charge in [0.25, 0.3) is 0 Å². The summed E-state index contributed by atoms with van der Waals surface area (Å²) in [4.78, 5) is 51.6. The van der Waals surface area contributed by atoms with Crippen LogP contribution in [0.4, 0.5) is 5.13 Å². The summed E-state index contributed by atoms with van der Waals surface area (Å²) >= 11 is 2.90. The second-order valence-electron chi connectivity index (χ2n) is 11.1. The number of carbonyl (C=O) groups is 3. The van der Waals surface area contributed by atoms with Crippen molar-refractivity contribution in [2.45, 2.75) is 39.8 Å². The highest BCUT2D eigenvalue weighted by molar-refractivity contribution is 7.15. The van der Waals surface area contributed by atoms with Crippen LogP contribution in [0.15, 0.2) is 59.8 Å². The van der Waals surface area contributed by atoms with E-state index in [1.807, 2.05) is 59.5 Å². The number of fused-ring (bicyclic) bond motifs is 2. The van der Waals surface area contributed by atoms with Crippen LogP contribution in [0.25, 0.3) is 38.4 Å². The van der Waals surface area contributed by atoms with Crippen LogP contribution >= 0.6 is 22.7 Å². The number of carbonyl (C=O) groups excluding carboxylic acids is 3. The molecule has 5 aromatic heterocycles. The molecule has 1 saturated heterocycles. The van der Waals surface area contributed by atoms with Crippen molar-refractivity contribution in [1.82, 2.24) is 34.0 Å². The van der Waals surface area contributed by atoms with Crippen molar-refractivity contribution in [3.8, 4) is 22.5 Å². The number of benzene rings is 1. The first-order valence-electron chi connectivity index (χ1n) is 14.2. The van der Waals surface area contributed by atoms with Crippen molar-refractivity contribution in [3.05, 3.63) is 71.1 Å². The van der Waals surface area contributed by atoms with E-state index in [9.17, 15) is 14.4 Å². The Morgan fingerprint density at radius 1 is 1.09 bits per heavy atom. The average molecular weight is 625 g/mol. The number of anilines is 1. The van der Waals surface area contributed by atoms with Crippen molar-refractivity contribution in [3.63, 3.8) is 0 Å². The number of hydrogen-bond acceptors (Lipinski definition) is 9. The number of likely N-dealkylation sites (tertiary alicyclic amines) is 1. The van der Waals surface area contributed by atoms with E-state index >= 15 is 0 Å². The minimum atomic E-state index is -0.620. The average Bonchev–Trinajstić information content (AvgIpc) is 3.83. The van der Waals surface area contributed by atoms with Crippen LogP contribution in [0, 0.1) is 12.8 Å². The van der Waals surface area contributed by atoms with E-state index in [2.05, 4.69) is 25.5 Å². The van der Waals surface area contributed by atoms with Gasteiger partial charge in [0, 0.05) is 51.7 Å². The number of imidazole rings is 1. The summed E-state index contributed by atoms with van der Waals surface area (Å²) < 4.78 is 3.80. The van der Waals surface area contributed by atoms with E-state index in [4.69, 9.17) is 0 Å². The van der Waals surface area contributed by atoms with E-state index in [1.54, 1.807) is 39.4 Å². The first-order valence-corrected chi connectivity index (χ1v) is 15.9. The number of ketones is 1. The Morgan fingerprint density at radius 3 is 2.75 bits per heavy atom. The quantitative estimate of drug-likeness (QED) is 0.238. The van der Waals surface area contributed by atoms with Gasteiger partial charge in [-0.1, -0.05) is 13.0 Å². The molecule has 1 N–H and O–H groups in total. The number of nitrogens with zero attached hydrogens (tertiary/aromatic N) is 7. The van der Waals surface area contributed by atoms with Gasteiger partial charge in [0.2, 0.25) is 11.8 Å². The molecule has 2 amide bonds. The van der Waals surface area contributed by atoms with Crippen LogP contribution in [0.1, 0.15) is 36.3 Å². The third kappa shape index (κ3) is 4.97. The predicted octanol–water partition coefficient (Wildman–Crippen LogP) is 5.32. The maximum Gasteiger partial charge on any atom is 0.248 e. The molecule has 0 radical (unpaired) electrons. The molecule has 222 valence electrons. The second-order valence-corrected chi connectivity index (χ2v) is 12.9. The van der Waals surface area contributed by atoms with Crippen LogP contribution in [0.2, 0.25) is 0 Å². The third-order valence-corrected chi connectivity index (χ3v) is 9.54. The largest absolute Gasteiger partial charge is 0.337 e. The lowest BCUT2D eigenvalue weighted by Gasteiger charge is -2.24. The van der Waals surface area contributed by atoms with Crippen LogP contribution in [0.3, 0.4) is 0 Å². The third-order valence-electron chi connectivity index (χ3n) is 8.03. The molecule has 0 saturated carbocycles. The Hall–Kier alpha value is -4.75. The zero-order chi connectivity index (χ0) is 30.5. The molecule has 13 heteroatoms. The Labute approximate surface area is 260 Å². The Kier molecular flexibility index (Phi) is 7.05. The standard InChI is InChI=1S/C31H28N8O3S2/c1-17-10-26(29(42)36-30-35-24(16-44-30)28-18(2)34-31-38(28)8-9-43-31)39(13-17)27(41)15-37-14-23(19(3)40)22-11-20(4-5-25(22)37)21-6-7-32-33-12-21/h4-9,11-12,14,16-17,26H,10,13,15H2,1-3H3,(H,35,36,42)/t17-,26+/m1/s1. The summed E-state index contributed by atoms with van der Waals surface area (Å²) in [6.45, 7) is 5.99. The van der Waals surface area contributed by atoms with Gasteiger partial charge in [-0.3, -0.25) is 18.8 Å². The van der Waals surface area contributed by atoms with Crippen LogP contribution in [-0.2, 0) is 16.1 Å². The molecule has 1 aromatic carbocycles. The normalized spacial score (nSPS) is 16.7. The number of aromatic nitrogens is 6. The topological polar surface area (TPSA) is 127 Å². The molecule has 1 aliphatic heterocycles. The second kappa shape index (κ2) is 11.1. The minimum Gasteiger partial charge on any atom is -0.337 e. The van der Waals surface area contributed by atoms with Crippen molar-refractivity contribution in [2.75, 3.05) is 11.9 Å². The highest BCUT2D eigenvalue weighted by atomic mass is 32.1. The Bertz CT molecular complexity index is 2060. The molecular weight excluding hydrogens is 597 g/mol. The number of amides is 2. The monoisotopic (exact) mass is 624 g/mol. The highest BCUT2D eigenvalue weighted by Crippen LogP contribution is 2.32. The number of aryl methyl sites for hydroxylation is 1. The fourth-order valence-corrected chi connectivity index (χ4v) is 7.45. The molecule has 0 aliphatic carbocycles. The summed E-state index contributed by atoms with van der Waals surface area (Å²) in [7, 11) is 0. The molecule has 0 bridgehead atoms. The Morgan fingerprint density at radius 2 is 1.95 bits per heavy atom. The minimum absolute atomic E-state index is 0.00890. The van der Waals surface area contributed by atoms with Gasteiger partial charge in [-0.2, -0.15) is 10.2 Å². The molecular formula is C31H28N8O3S2. The molecule has 6 aromatic rings. The SMILES string of the molecule is CC(=O)c1cn(CC(=O)N2C[C@H](C)C[C@H]2C(=O)Nc2nc(-c3c(C)nc4sccn34)cs2)c2ccc(-c3ccnnc3)cc12. The Balaban J connectivity index is 1.11. The van der Waals surface area contributed by atoms with E-state index in [0.717, 1.165) is 44.1 Å². The van der Waals surface area contributed by atoms with Gasteiger partial charge in [-0.15, -0.1) is 22.7 Å². The fraction of sp³-hybridized carbons (Fsp3) is 0.258. The lowest BCUT2D eigenvalue weighted by Crippen LogP contribution is -2.44. The predicted molar refractivity (Wildman–Crippen MR) is 170 cm³/mol. The number of thiazole rings is 2. The van der Waals surface area contributed by atoms with Gasteiger partial charge in [-0.25, -0.2) is 9.97 Å². The zero-order valence-corrected chi connectivity index (χ0v) is 25.9. The maximum atomic E-state index is 13.7. The van der Waals surface area contributed by atoms with Crippen molar-refractivity contribution in [1.29, 1.82) is 0 Å². The molecule has 0 spiro atoms. The molecule has 11 nitrogen and oxygen atoms in total. The lowest BCUT2D eigenvalue weighted by atomic mass is 10.0. The maximum absolute atomic E-state index is 13.7. The molecule has 44 heavy (non-hydrogen) atoms. The number of nitrogens with one attached hydrogen (secondary N) is 1. The molecule has 0 unspecified atom stereocenters. The number of rotatable bonds is 7. The van der Waals surface area contributed by atoms with Crippen molar-refractivity contribution >= 4 is 61.3 Å². The van der Waals surface area contributed by atoms with Crippen molar-refractivity contribution < 1.29 is 14.4 Å². The van der Waals surface area contributed by atoms with E-state index in [-0.39, 0.29) is 30.1 Å². The van der Waals surface area contributed by atoms with E-state index in [1.165, 1.54) is 18.3 Å². The highest BCUT2D eigenvalue weighted by Gasteiger charge is 2.38. The molecule has 2 atom stereocenters. The lowest BCUT2D eigenvalue weighted by molar-refractivity contribution is -0.137. The van der Waals surface area contributed by atoms with Crippen LogP contribution in [-0.4, -0.2) is 64.2 Å². The molecule has 1 aliphatic rings. The first kappa shape index (κ1) is 28.0. The van der Waals surface area contributed by atoms with Gasteiger partial charge in [0.15, 0.2) is 15.9 Å². The van der Waals surface area contributed by atoms with Gasteiger partial charge >= 0.3 is 0 Å². The first-order chi connectivity index (χ1) is 21.3. The van der Waals surface area contributed by atoms with Gasteiger partial charge in [0.05, 0.1) is 23.8 Å². The summed E-state index contributed by atoms with van der Waals surface area (Å²) in [5, 5.41) is 15.9. The molecule has 1 fully saturated rings. The fourth-order valence-electron chi connectivity index (χ4n) is 5.99. The van der Waals surface area contributed by atoms with Crippen molar-refractivity contribution in [2.24, 2.45) is 5.92 Å². The molecule has 7 rings (SSSR count). The number of hydrogen-bond donors (Lipinski definition) is 1. The van der Waals surface area contributed by atoms with Gasteiger partial charge in [0.1, 0.15) is 18.3 Å². The zero-order valence-electron chi connectivity index (χ0n) is 24.2. The van der Waals surface area contributed by atoms with E-state index < -0.39 is 6.04 Å². The van der Waals surface area contributed by atoms with Crippen LogP contribution < -0.4 is 5.32 Å². The summed E-state index contributed by atoms with van der Waals surface area (Å²) in [6.07, 6.45) is 7.54. The van der Waals surface area contributed by atoms with Crippen LogP contribution in [0.5, 0.6) is 0 Å². The summed E-state index contributed by atoms with van der Waals surface area (Å²) in [5.41, 5.74) is 5.60. The molecule has 6 heterocycles. The van der Waals surface area contributed by atoms with Gasteiger partial charge in [-0.05, 0) is 49.9 Å². The smallest absolute Gasteiger partial charge is 0.248 e. The van der Waals surface area contributed by atoms with E-state index in [0.29, 0.717) is 23.7 Å². The van der Waals surface area contributed by atoms with Gasteiger partial charge < -0.3 is 14.8 Å². The summed E-state index contributed by atoms with van der Waals surface area (Å²) in [5.74, 6) is -0.370. The summed E-state index contributed by atoms with van der Waals surface area (Å²) in [6, 6.07) is 7.03.